The third-order valence-corrected chi connectivity index (χ3v) is 3.04. The van der Waals surface area contributed by atoms with E-state index in [9.17, 15) is 9.18 Å². The Kier molecular flexibility index (Phi) is 4.09. The van der Waals surface area contributed by atoms with Crippen LogP contribution < -0.4 is 10.1 Å². The second-order valence-electron chi connectivity index (χ2n) is 4.84. The molecule has 0 saturated carbocycles. The molecule has 0 radical (unpaired) electrons. The van der Waals surface area contributed by atoms with Crippen LogP contribution in [0.2, 0.25) is 0 Å². The van der Waals surface area contributed by atoms with Gasteiger partial charge in [0.1, 0.15) is 23.9 Å². The van der Waals surface area contributed by atoms with Crippen LogP contribution in [0.1, 0.15) is 16.3 Å². The molecule has 3 aromatic rings. The lowest BCUT2D eigenvalue weighted by molar-refractivity contribution is 0.0992. The number of furan rings is 1. The highest BCUT2D eigenvalue weighted by Gasteiger charge is 2.13. The van der Waals surface area contributed by atoms with Crippen LogP contribution in [0.3, 0.4) is 0 Å². The van der Waals surface area contributed by atoms with E-state index in [1.165, 1.54) is 24.3 Å². The lowest BCUT2D eigenvalue weighted by Crippen LogP contribution is -2.11. The molecule has 0 aliphatic carbocycles. The fraction of sp³-hybridized carbons (Fsp3) is 0.125. The number of benzene rings is 1. The van der Waals surface area contributed by atoms with Gasteiger partial charge in [0.15, 0.2) is 11.6 Å². The molecular weight excluding hydrogens is 301 g/mol. The van der Waals surface area contributed by atoms with Crippen molar-refractivity contribution >= 4 is 11.7 Å². The number of hydrogen-bond donors (Lipinski definition) is 1. The average Bonchev–Trinajstić information content (AvgIpc) is 3.16. The Morgan fingerprint density at radius 2 is 2.04 bits per heavy atom. The normalized spacial score (nSPS) is 10.5. The van der Waals surface area contributed by atoms with Gasteiger partial charge in [-0.1, -0.05) is 0 Å². The molecule has 0 saturated heterocycles. The first kappa shape index (κ1) is 14.8. The van der Waals surface area contributed by atoms with E-state index in [4.69, 9.17) is 9.15 Å². The van der Waals surface area contributed by atoms with Crippen molar-refractivity contribution in [2.75, 3.05) is 5.32 Å². The Balaban J connectivity index is 1.59. The molecule has 118 valence electrons. The van der Waals surface area contributed by atoms with Crippen LogP contribution in [-0.2, 0) is 13.7 Å². The number of nitrogens with zero attached hydrogens (tertiary/aromatic N) is 2. The van der Waals surface area contributed by atoms with Crippen molar-refractivity contribution in [2.24, 2.45) is 7.05 Å². The predicted octanol–water partition coefficient (Wildman–Crippen LogP) is 2.98. The smallest absolute Gasteiger partial charge is 0.292 e. The molecule has 0 unspecified atom stereocenters. The Hall–Kier alpha value is -3.09. The summed E-state index contributed by atoms with van der Waals surface area (Å²) in [5.74, 6) is 0.884. The Bertz CT molecular complexity index is 808. The number of halogens is 1. The summed E-state index contributed by atoms with van der Waals surface area (Å²) in [6, 6.07) is 10.5. The van der Waals surface area contributed by atoms with Gasteiger partial charge in [0.2, 0.25) is 0 Å². The first-order valence-corrected chi connectivity index (χ1v) is 6.88. The molecule has 0 atom stereocenters. The number of carbonyl (C=O) groups excluding carboxylic acids is 1. The molecule has 1 N–H and O–H groups in total. The fourth-order valence-corrected chi connectivity index (χ4v) is 1.92. The highest BCUT2D eigenvalue weighted by molar-refractivity contribution is 6.01. The van der Waals surface area contributed by atoms with Crippen molar-refractivity contribution < 1.29 is 18.3 Å². The lowest BCUT2D eigenvalue weighted by Gasteiger charge is -2.03. The minimum Gasteiger partial charge on any atom is -0.486 e. The molecule has 1 aromatic carbocycles. The molecule has 0 spiro atoms. The molecule has 0 aliphatic rings. The summed E-state index contributed by atoms with van der Waals surface area (Å²) in [6.45, 7) is 0.141. The third-order valence-electron chi connectivity index (χ3n) is 3.04. The zero-order valence-corrected chi connectivity index (χ0v) is 12.3. The number of amides is 1. The van der Waals surface area contributed by atoms with Crippen LogP contribution >= 0.6 is 0 Å². The third kappa shape index (κ3) is 3.76. The highest BCUT2D eigenvalue weighted by Crippen LogP contribution is 2.16. The van der Waals surface area contributed by atoms with E-state index >= 15 is 0 Å². The summed E-state index contributed by atoms with van der Waals surface area (Å²) in [5.41, 5.74) is 0. The lowest BCUT2D eigenvalue weighted by atomic mass is 10.3. The fourth-order valence-electron chi connectivity index (χ4n) is 1.92. The molecule has 6 nitrogen and oxygen atoms in total. The van der Waals surface area contributed by atoms with Gasteiger partial charge in [-0.15, -0.1) is 0 Å². The van der Waals surface area contributed by atoms with Crippen molar-refractivity contribution in [1.29, 1.82) is 0 Å². The average molecular weight is 315 g/mol. The van der Waals surface area contributed by atoms with Gasteiger partial charge in [-0.05, 0) is 36.4 Å². The number of aryl methyl sites for hydroxylation is 1. The molecule has 7 heteroatoms. The van der Waals surface area contributed by atoms with E-state index in [1.807, 2.05) is 0 Å². The molecule has 23 heavy (non-hydrogen) atoms. The van der Waals surface area contributed by atoms with E-state index in [1.54, 1.807) is 36.1 Å². The maximum Gasteiger partial charge on any atom is 0.292 e. The highest BCUT2D eigenvalue weighted by atomic mass is 19.1. The Morgan fingerprint density at radius 1 is 1.26 bits per heavy atom. The van der Waals surface area contributed by atoms with Crippen molar-refractivity contribution in [1.82, 2.24) is 9.78 Å². The molecule has 2 aromatic heterocycles. The van der Waals surface area contributed by atoms with Crippen LogP contribution in [0.4, 0.5) is 10.2 Å². The van der Waals surface area contributed by atoms with Gasteiger partial charge < -0.3 is 14.5 Å². The van der Waals surface area contributed by atoms with Gasteiger partial charge in [-0.3, -0.25) is 9.48 Å². The monoisotopic (exact) mass is 315 g/mol. The first-order valence-electron chi connectivity index (χ1n) is 6.88. The number of ether oxygens (including phenoxy) is 1. The van der Waals surface area contributed by atoms with E-state index < -0.39 is 5.91 Å². The van der Waals surface area contributed by atoms with Gasteiger partial charge in [0.05, 0.1) is 0 Å². The van der Waals surface area contributed by atoms with E-state index in [2.05, 4.69) is 10.4 Å². The van der Waals surface area contributed by atoms with Crippen molar-refractivity contribution in [3.63, 3.8) is 0 Å². The molecular formula is C16H14FN3O3. The van der Waals surface area contributed by atoms with Gasteiger partial charge >= 0.3 is 0 Å². The SMILES string of the molecule is Cn1ccc(NC(=O)c2ccc(COc3ccc(F)cc3)o2)n1. The number of carbonyl (C=O) groups is 1. The number of hydrogen-bond acceptors (Lipinski definition) is 4. The zero-order valence-electron chi connectivity index (χ0n) is 12.3. The van der Waals surface area contributed by atoms with Crippen LogP contribution in [-0.4, -0.2) is 15.7 Å². The largest absolute Gasteiger partial charge is 0.486 e. The summed E-state index contributed by atoms with van der Waals surface area (Å²) in [4.78, 5) is 12.0. The second kappa shape index (κ2) is 6.35. The number of nitrogens with one attached hydrogen (secondary N) is 1. The standard InChI is InChI=1S/C16H14FN3O3/c1-20-9-8-15(19-20)18-16(21)14-7-6-13(23-14)10-22-12-4-2-11(17)3-5-12/h2-9H,10H2,1H3,(H,18,19,21). The predicted molar refractivity (Wildman–Crippen MR) is 80.6 cm³/mol. The maximum absolute atomic E-state index is 12.8. The molecule has 0 bridgehead atoms. The molecule has 2 heterocycles. The Labute approximate surface area is 131 Å². The minimum absolute atomic E-state index is 0.141. The van der Waals surface area contributed by atoms with E-state index in [0.717, 1.165) is 0 Å². The second-order valence-corrected chi connectivity index (χ2v) is 4.84. The molecule has 0 aliphatic heterocycles. The Morgan fingerprint density at radius 3 is 2.74 bits per heavy atom. The maximum atomic E-state index is 12.8. The summed E-state index contributed by atoms with van der Waals surface area (Å²) in [5, 5.41) is 6.68. The number of rotatable bonds is 5. The van der Waals surface area contributed by atoms with Gasteiger partial charge in [0, 0.05) is 19.3 Å². The molecule has 1 amide bonds. The van der Waals surface area contributed by atoms with Gasteiger partial charge in [0.25, 0.3) is 5.91 Å². The summed E-state index contributed by atoms with van der Waals surface area (Å²) in [7, 11) is 1.76. The summed E-state index contributed by atoms with van der Waals surface area (Å²) in [6.07, 6.45) is 1.72. The first-order chi connectivity index (χ1) is 11.1. The van der Waals surface area contributed by atoms with Crippen LogP contribution in [0, 0.1) is 5.82 Å². The number of aromatic nitrogens is 2. The van der Waals surface area contributed by atoms with E-state index in [-0.39, 0.29) is 18.2 Å². The quantitative estimate of drug-likeness (QED) is 0.786. The number of anilines is 1. The van der Waals surface area contributed by atoms with Crippen LogP contribution in [0.15, 0.2) is 53.1 Å². The minimum atomic E-state index is -0.392. The molecule has 0 fully saturated rings. The van der Waals surface area contributed by atoms with E-state index in [0.29, 0.717) is 17.3 Å². The van der Waals surface area contributed by atoms with Crippen molar-refractivity contribution in [3.05, 3.63) is 66.0 Å². The zero-order chi connectivity index (χ0) is 16.2. The summed E-state index contributed by atoms with van der Waals surface area (Å²) >= 11 is 0. The van der Waals surface area contributed by atoms with Crippen molar-refractivity contribution in [3.8, 4) is 5.75 Å². The van der Waals surface area contributed by atoms with Crippen LogP contribution in [0.5, 0.6) is 5.75 Å². The molecule has 3 rings (SSSR count). The van der Waals surface area contributed by atoms with Gasteiger partial charge in [-0.2, -0.15) is 5.10 Å². The van der Waals surface area contributed by atoms with Gasteiger partial charge in [-0.25, -0.2) is 4.39 Å². The van der Waals surface area contributed by atoms with Crippen LogP contribution in [0.25, 0.3) is 0 Å². The summed E-state index contributed by atoms with van der Waals surface area (Å²) < 4.78 is 25.3. The van der Waals surface area contributed by atoms with Crippen molar-refractivity contribution in [2.45, 2.75) is 6.61 Å². The topological polar surface area (TPSA) is 69.3 Å².